The molecule has 0 saturated carbocycles. The molecule has 11 aromatic rings. The lowest BCUT2D eigenvalue weighted by Crippen LogP contribution is -2.44. The number of hydrogen-bond acceptors (Lipinski definition) is 1. The van der Waals surface area contributed by atoms with Gasteiger partial charge in [0.25, 0.3) is 0 Å². The molecule has 0 aliphatic heterocycles. The Hall–Kier alpha value is -8.78. The van der Waals surface area contributed by atoms with E-state index in [1.54, 1.807) is 0 Å². The van der Waals surface area contributed by atoms with E-state index in [0.717, 1.165) is 17.1 Å². The fourth-order valence-electron chi connectivity index (χ4n) is 12.0. The van der Waals surface area contributed by atoms with E-state index in [2.05, 4.69) is 290 Å². The van der Waals surface area contributed by atoms with Gasteiger partial charge in [0.05, 0.1) is 16.5 Å². The van der Waals surface area contributed by atoms with Crippen molar-refractivity contribution in [2.75, 3.05) is 4.90 Å². The molecule has 0 radical (unpaired) electrons. The van der Waals surface area contributed by atoms with Crippen LogP contribution in [-0.4, -0.2) is 0 Å². The average molecular weight is 878 g/mol. The molecule has 13 rings (SSSR count). The zero-order chi connectivity index (χ0) is 45.8. The molecule has 69 heavy (non-hydrogen) atoms. The molecular weight excluding hydrogens is 831 g/mol. The zero-order valence-corrected chi connectivity index (χ0v) is 38.1. The van der Waals surface area contributed by atoms with Crippen LogP contribution in [0.25, 0.3) is 44.5 Å². The fourth-order valence-corrected chi connectivity index (χ4v) is 12.0. The number of rotatable bonds is 9. The van der Waals surface area contributed by atoms with E-state index in [1.807, 2.05) is 0 Å². The minimum absolute atomic E-state index is 0.520. The second kappa shape index (κ2) is 16.5. The van der Waals surface area contributed by atoms with Crippen molar-refractivity contribution in [3.05, 3.63) is 330 Å². The SMILES string of the molecule is c1ccc(-c2ccc(-c3ccc(-c4ccc(N(c5ccccc5)c5ccccc5C5(c6ccccc6)c6ccccc6C6(c7ccccc7)c7ccccc7-c7cccc5c76)cc4)cc3)cc2)cc1. The van der Waals surface area contributed by atoms with Crippen LogP contribution in [-0.2, 0) is 10.8 Å². The summed E-state index contributed by atoms with van der Waals surface area (Å²) in [5, 5.41) is 0. The predicted octanol–water partition coefficient (Wildman–Crippen LogP) is 17.2. The number of benzene rings is 11. The summed E-state index contributed by atoms with van der Waals surface area (Å²) in [5.41, 5.74) is 22.2. The molecule has 324 valence electrons. The Bertz CT molecular complexity index is 3620. The van der Waals surface area contributed by atoms with Gasteiger partial charge in [-0.05, 0) is 119 Å². The number of fused-ring (bicyclic) bond motifs is 5. The van der Waals surface area contributed by atoms with Crippen molar-refractivity contribution in [1.29, 1.82) is 0 Å². The van der Waals surface area contributed by atoms with Gasteiger partial charge in [0.15, 0.2) is 0 Å². The van der Waals surface area contributed by atoms with Crippen LogP contribution in [0.5, 0.6) is 0 Å². The zero-order valence-electron chi connectivity index (χ0n) is 38.1. The molecule has 0 N–H and O–H groups in total. The molecule has 11 aromatic carbocycles. The predicted molar refractivity (Wildman–Crippen MR) is 287 cm³/mol. The summed E-state index contributed by atoms with van der Waals surface area (Å²) in [6, 6.07) is 106. The Morgan fingerprint density at radius 1 is 0.217 bits per heavy atom. The summed E-state index contributed by atoms with van der Waals surface area (Å²) in [6.07, 6.45) is 0. The maximum atomic E-state index is 2.46. The topological polar surface area (TPSA) is 3.24 Å². The summed E-state index contributed by atoms with van der Waals surface area (Å²) in [4.78, 5) is 2.46. The largest absolute Gasteiger partial charge is 0.310 e. The number of para-hydroxylation sites is 2. The second-order valence-corrected chi connectivity index (χ2v) is 18.3. The van der Waals surface area contributed by atoms with E-state index in [-0.39, 0.29) is 0 Å². The van der Waals surface area contributed by atoms with Gasteiger partial charge >= 0.3 is 0 Å². The Balaban J connectivity index is 0.982. The molecule has 0 saturated heterocycles. The van der Waals surface area contributed by atoms with Crippen LogP contribution < -0.4 is 4.90 Å². The van der Waals surface area contributed by atoms with Gasteiger partial charge in [0, 0.05) is 11.4 Å². The van der Waals surface area contributed by atoms with E-state index >= 15 is 0 Å². The maximum Gasteiger partial charge on any atom is 0.0728 e. The fraction of sp³-hybridized carbons (Fsp3) is 0.0294. The van der Waals surface area contributed by atoms with E-state index < -0.39 is 10.8 Å². The third-order valence-corrected chi connectivity index (χ3v) is 14.8. The second-order valence-electron chi connectivity index (χ2n) is 18.3. The van der Waals surface area contributed by atoms with Crippen LogP contribution in [0.15, 0.2) is 285 Å². The maximum absolute atomic E-state index is 2.46. The Morgan fingerprint density at radius 3 is 1.14 bits per heavy atom. The van der Waals surface area contributed by atoms with Gasteiger partial charge in [-0.2, -0.15) is 0 Å². The molecule has 0 heterocycles. The van der Waals surface area contributed by atoms with Crippen molar-refractivity contribution < 1.29 is 0 Å². The highest BCUT2D eigenvalue weighted by Gasteiger charge is 2.58. The first kappa shape index (κ1) is 40.5. The van der Waals surface area contributed by atoms with Crippen LogP contribution in [0.4, 0.5) is 17.1 Å². The highest BCUT2D eigenvalue weighted by atomic mass is 15.1. The van der Waals surface area contributed by atoms with Gasteiger partial charge in [-0.1, -0.05) is 255 Å². The van der Waals surface area contributed by atoms with Crippen molar-refractivity contribution in [3.63, 3.8) is 0 Å². The number of nitrogens with zero attached hydrogens (tertiary/aromatic N) is 1. The van der Waals surface area contributed by atoms with Gasteiger partial charge in [-0.25, -0.2) is 0 Å². The van der Waals surface area contributed by atoms with E-state index in [1.165, 1.54) is 89.0 Å². The lowest BCUT2D eigenvalue weighted by molar-refractivity contribution is 0.627. The van der Waals surface area contributed by atoms with Crippen molar-refractivity contribution in [2.45, 2.75) is 10.8 Å². The molecule has 0 bridgehead atoms. The van der Waals surface area contributed by atoms with Crippen LogP contribution in [0, 0.1) is 0 Å². The van der Waals surface area contributed by atoms with Crippen LogP contribution in [0.2, 0.25) is 0 Å². The van der Waals surface area contributed by atoms with E-state index in [4.69, 9.17) is 0 Å². The first-order chi connectivity index (χ1) is 34.2. The molecule has 2 aliphatic carbocycles. The number of hydrogen-bond donors (Lipinski definition) is 0. The van der Waals surface area contributed by atoms with Crippen molar-refractivity contribution in [2.24, 2.45) is 0 Å². The van der Waals surface area contributed by atoms with E-state index in [9.17, 15) is 0 Å². The molecule has 1 heteroatoms. The molecule has 0 amide bonds. The summed E-state index contributed by atoms with van der Waals surface area (Å²) in [6.45, 7) is 0. The third-order valence-electron chi connectivity index (χ3n) is 14.8. The highest BCUT2D eigenvalue weighted by Crippen LogP contribution is 2.66. The lowest BCUT2D eigenvalue weighted by atomic mass is 9.51. The van der Waals surface area contributed by atoms with Gasteiger partial charge in [-0.15, -0.1) is 0 Å². The van der Waals surface area contributed by atoms with Gasteiger partial charge in [0.1, 0.15) is 0 Å². The van der Waals surface area contributed by atoms with Crippen LogP contribution in [0.1, 0.15) is 44.5 Å². The molecular formula is C68H47N. The summed E-state index contributed by atoms with van der Waals surface area (Å²) >= 11 is 0. The molecule has 0 aromatic heterocycles. The summed E-state index contributed by atoms with van der Waals surface area (Å²) in [7, 11) is 0. The summed E-state index contributed by atoms with van der Waals surface area (Å²) in [5.74, 6) is 0. The number of anilines is 3. The molecule has 0 spiro atoms. The third kappa shape index (κ3) is 6.24. The molecule has 2 unspecified atom stereocenters. The normalized spacial score (nSPS) is 16.2. The standard InChI is InChI=1S/C68H47N/c1-5-20-48(21-6-1)49-36-38-50(39-37-49)51-40-42-52(43-41-51)53-44-46-57(47-45-53)69(56-26-11-4-12-27-56)65-35-18-17-33-63(65)67(54-22-7-2-8-23-54)61-31-15-16-32-62(61)68(55-24-9-3-10-25-55)60-30-14-13-28-58(60)59-29-19-34-64(67)66(59)68/h1-47H. The van der Waals surface area contributed by atoms with Crippen molar-refractivity contribution >= 4 is 17.1 Å². The first-order valence-corrected chi connectivity index (χ1v) is 24.0. The summed E-state index contributed by atoms with van der Waals surface area (Å²) < 4.78 is 0. The minimum atomic E-state index is -0.712. The van der Waals surface area contributed by atoms with Gasteiger partial charge < -0.3 is 4.90 Å². The van der Waals surface area contributed by atoms with Gasteiger partial charge in [-0.3, -0.25) is 0 Å². The quantitative estimate of drug-likeness (QED) is 0.140. The molecule has 2 atom stereocenters. The van der Waals surface area contributed by atoms with E-state index in [0.29, 0.717) is 0 Å². The molecule has 0 fully saturated rings. The molecule has 1 nitrogen and oxygen atoms in total. The van der Waals surface area contributed by atoms with Crippen LogP contribution in [0.3, 0.4) is 0 Å². The first-order valence-electron chi connectivity index (χ1n) is 24.0. The Morgan fingerprint density at radius 2 is 0.580 bits per heavy atom. The highest BCUT2D eigenvalue weighted by molar-refractivity contribution is 5.93. The molecule has 2 aliphatic rings. The minimum Gasteiger partial charge on any atom is -0.310 e. The lowest BCUT2D eigenvalue weighted by Gasteiger charge is -2.50. The van der Waals surface area contributed by atoms with Gasteiger partial charge in [0.2, 0.25) is 0 Å². The smallest absolute Gasteiger partial charge is 0.0728 e. The average Bonchev–Trinajstić information content (AvgIpc) is 3.75. The van der Waals surface area contributed by atoms with Crippen molar-refractivity contribution in [1.82, 2.24) is 0 Å². The Labute approximate surface area is 404 Å². The monoisotopic (exact) mass is 877 g/mol. The van der Waals surface area contributed by atoms with Crippen molar-refractivity contribution in [3.8, 4) is 44.5 Å². The van der Waals surface area contributed by atoms with Crippen LogP contribution >= 0.6 is 0 Å². The Kier molecular flexibility index (Phi) is 9.70.